The van der Waals surface area contributed by atoms with Gasteiger partial charge in [-0.2, -0.15) is 5.26 Å². The third-order valence-corrected chi connectivity index (χ3v) is 3.43. The molecule has 1 N–H and O–H groups in total. The molecule has 0 amide bonds. The number of allylic oxidation sites excluding steroid dienone is 2. The van der Waals surface area contributed by atoms with Gasteiger partial charge in [0.15, 0.2) is 5.58 Å². The number of aromatic carboxylic acids is 1. The van der Waals surface area contributed by atoms with Crippen LogP contribution in [0.15, 0.2) is 28.7 Å². The second kappa shape index (κ2) is 5.41. The Morgan fingerprint density at radius 2 is 2.24 bits per heavy atom. The number of carboxylic acid groups (broad SMARTS) is 1. The van der Waals surface area contributed by atoms with Gasteiger partial charge in [-0.05, 0) is 30.0 Å². The van der Waals surface area contributed by atoms with E-state index in [9.17, 15) is 10.1 Å². The summed E-state index contributed by atoms with van der Waals surface area (Å²) in [5.74, 6) is -0.811. The Bertz CT molecular complexity index is 763. The topological polar surface area (TPSA) is 87.1 Å². The van der Waals surface area contributed by atoms with E-state index in [1.807, 2.05) is 26.8 Å². The van der Waals surface area contributed by atoms with Gasteiger partial charge in [-0.1, -0.05) is 26.8 Å². The van der Waals surface area contributed by atoms with Crippen LogP contribution in [-0.4, -0.2) is 16.1 Å². The van der Waals surface area contributed by atoms with E-state index in [2.05, 4.69) is 11.1 Å². The van der Waals surface area contributed by atoms with Crippen molar-refractivity contribution in [3.8, 4) is 6.07 Å². The second-order valence-electron chi connectivity index (χ2n) is 5.52. The molecule has 0 saturated heterocycles. The van der Waals surface area contributed by atoms with Gasteiger partial charge >= 0.3 is 5.97 Å². The Labute approximate surface area is 122 Å². The first-order valence-electron chi connectivity index (χ1n) is 6.63. The summed E-state index contributed by atoms with van der Waals surface area (Å²) in [6, 6.07) is 6.54. The molecule has 0 aliphatic carbocycles. The normalized spacial score (nSPS) is 12.4. The van der Waals surface area contributed by atoms with Crippen LogP contribution < -0.4 is 0 Å². The minimum absolute atomic E-state index is 0.126. The molecule has 2 aromatic rings. The number of rotatable bonds is 4. The van der Waals surface area contributed by atoms with Crippen LogP contribution in [0.5, 0.6) is 0 Å². The molecule has 1 aromatic carbocycles. The zero-order valence-electron chi connectivity index (χ0n) is 12.2. The third-order valence-electron chi connectivity index (χ3n) is 3.43. The Morgan fingerprint density at radius 1 is 1.52 bits per heavy atom. The average Bonchev–Trinajstić information content (AvgIpc) is 2.87. The number of oxazole rings is 1. The minimum atomic E-state index is -1.03. The van der Waals surface area contributed by atoms with Crippen LogP contribution in [-0.2, 0) is 0 Å². The van der Waals surface area contributed by atoms with Crippen LogP contribution in [0.4, 0.5) is 0 Å². The maximum Gasteiger partial charge on any atom is 0.335 e. The fraction of sp³-hybridized carbons (Fsp3) is 0.312. The standard InChI is InChI=1S/C16H16N2O3/c1-4-16(2,3)8-11(9-17)14-18-12-6-5-10(15(19)20)7-13(12)21-14/h5-8H,4H2,1-3H3,(H,19,20)/b11-8+. The average molecular weight is 284 g/mol. The van der Waals surface area contributed by atoms with E-state index in [0.717, 1.165) is 6.42 Å². The summed E-state index contributed by atoms with van der Waals surface area (Å²) in [7, 11) is 0. The number of hydrogen-bond acceptors (Lipinski definition) is 4. The highest BCUT2D eigenvalue weighted by molar-refractivity contribution is 5.92. The van der Waals surface area contributed by atoms with Gasteiger partial charge in [-0.25, -0.2) is 9.78 Å². The quantitative estimate of drug-likeness (QED) is 0.861. The van der Waals surface area contributed by atoms with Crippen molar-refractivity contribution in [3.05, 3.63) is 35.7 Å². The summed E-state index contributed by atoms with van der Waals surface area (Å²) >= 11 is 0. The van der Waals surface area contributed by atoms with Crippen molar-refractivity contribution < 1.29 is 14.3 Å². The van der Waals surface area contributed by atoms with E-state index in [1.165, 1.54) is 12.1 Å². The molecule has 0 bridgehead atoms. The van der Waals surface area contributed by atoms with Crippen molar-refractivity contribution >= 4 is 22.6 Å². The van der Waals surface area contributed by atoms with Gasteiger partial charge in [-0.15, -0.1) is 0 Å². The smallest absolute Gasteiger partial charge is 0.335 e. The van der Waals surface area contributed by atoms with Gasteiger partial charge in [0, 0.05) is 0 Å². The van der Waals surface area contributed by atoms with Crippen LogP contribution in [0.1, 0.15) is 43.4 Å². The van der Waals surface area contributed by atoms with Crippen molar-refractivity contribution in [1.29, 1.82) is 5.26 Å². The number of hydrogen-bond donors (Lipinski definition) is 1. The van der Waals surface area contributed by atoms with Crippen LogP contribution >= 0.6 is 0 Å². The first kappa shape index (κ1) is 14.8. The van der Waals surface area contributed by atoms with Crippen molar-refractivity contribution in [2.24, 2.45) is 5.41 Å². The number of carbonyl (C=O) groups is 1. The lowest BCUT2D eigenvalue weighted by molar-refractivity contribution is 0.0697. The number of benzene rings is 1. The largest absolute Gasteiger partial charge is 0.478 e. The van der Waals surface area contributed by atoms with Gasteiger partial charge in [0.25, 0.3) is 0 Å². The molecular weight excluding hydrogens is 268 g/mol. The van der Waals surface area contributed by atoms with Gasteiger partial charge in [0.1, 0.15) is 17.2 Å². The van der Waals surface area contributed by atoms with E-state index in [4.69, 9.17) is 9.52 Å². The number of carboxylic acids is 1. The van der Waals surface area contributed by atoms with Crippen LogP contribution in [0.3, 0.4) is 0 Å². The van der Waals surface area contributed by atoms with E-state index in [1.54, 1.807) is 6.07 Å². The minimum Gasteiger partial charge on any atom is -0.478 e. The third kappa shape index (κ3) is 3.11. The summed E-state index contributed by atoms with van der Waals surface area (Å²) in [4.78, 5) is 15.2. The molecule has 0 aliphatic rings. The van der Waals surface area contributed by atoms with Crippen LogP contribution in [0.2, 0.25) is 0 Å². The number of nitrogens with zero attached hydrogens (tertiary/aromatic N) is 2. The SMILES string of the molecule is CCC(C)(C)/C=C(\C#N)c1nc2ccc(C(=O)O)cc2o1. The lowest BCUT2D eigenvalue weighted by atomic mass is 9.88. The van der Waals surface area contributed by atoms with E-state index in [0.29, 0.717) is 16.7 Å². The molecule has 0 spiro atoms. The molecule has 2 rings (SSSR count). The molecular formula is C16H16N2O3. The lowest BCUT2D eigenvalue weighted by Gasteiger charge is -2.17. The van der Waals surface area contributed by atoms with Gasteiger partial charge in [-0.3, -0.25) is 0 Å². The summed E-state index contributed by atoms with van der Waals surface area (Å²) in [5, 5.41) is 18.3. The maximum absolute atomic E-state index is 10.9. The van der Waals surface area contributed by atoms with Crippen molar-refractivity contribution in [3.63, 3.8) is 0 Å². The molecule has 1 heterocycles. The van der Waals surface area contributed by atoms with Crippen LogP contribution in [0.25, 0.3) is 16.7 Å². The summed E-state index contributed by atoms with van der Waals surface area (Å²) in [6.07, 6.45) is 2.71. The highest BCUT2D eigenvalue weighted by Crippen LogP contribution is 2.28. The number of aromatic nitrogens is 1. The molecule has 0 saturated carbocycles. The Morgan fingerprint density at radius 3 is 2.81 bits per heavy atom. The number of nitriles is 1. The Kier molecular flexibility index (Phi) is 3.81. The monoisotopic (exact) mass is 284 g/mol. The van der Waals surface area contributed by atoms with Gasteiger partial charge in [0.2, 0.25) is 5.89 Å². The molecule has 0 radical (unpaired) electrons. The summed E-state index contributed by atoms with van der Waals surface area (Å²) < 4.78 is 5.54. The van der Waals surface area contributed by atoms with Crippen LogP contribution in [0, 0.1) is 16.7 Å². The zero-order valence-corrected chi connectivity index (χ0v) is 12.2. The van der Waals surface area contributed by atoms with E-state index < -0.39 is 5.97 Å². The maximum atomic E-state index is 10.9. The Hall–Kier alpha value is -2.61. The van der Waals surface area contributed by atoms with Crippen molar-refractivity contribution in [2.45, 2.75) is 27.2 Å². The first-order chi connectivity index (χ1) is 9.86. The molecule has 5 heteroatoms. The predicted octanol–water partition coefficient (Wildman–Crippen LogP) is 3.87. The Balaban J connectivity index is 2.52. The lowest BCUT2D eigenvalue weighted by Crippen LogP contribution is -2.05. The molecule has 0 aliphatic heterocycles. The van der Waals surface area contributed by atoms with E-state index >= 15 is 0 Å². The summed E-state index contributed by atoms with van der Waals surface area (Å²) in [5.41, 5.74) is 1.24. The highest BCUT2D eigenvalue weighted by atomic mass is 16.4. The van der Waals surface area contributed by atoms with Gasteiger partial charge in [0.05, 0.1) is 5.56 Å². The van der Waals surface area contributed by atoms with E-state index in [-0.39, 0.29) is 16.9 Å². The predicted molar refractivity (Wildman–Crippen MR) is 78.6 cm³/mol. The highest BCUT2D eigenvalue weighted by Gasteiger charge is 2.18. The van der Waals surface area contributed by atoms with Crippen molar-refractivity contribution in [2.75, 3.05) is 0 Å². The zero-order chi connectivity index (χ0) is 15.6. The second-order valence-corrected chi connectivity index (χ2v) is 5.52. The molecule has 5 nitrogen and oxygen atoms in total. The molecule has 1 aromatic heterocycles. The molecule has 0 fully saturated rings. The fourth-order valence-electron chi connectivity index (χ4n) is 1.81. The molecule has 21 heavy (non-hydrogen) atoms. The van der Waals surface area contributed by atoms with Crippen molar-refractivity contribution in [1.82, 2.24) is 4.98 Å². The van der Waals surface area contributed by atoms with Gasteiger partial charge < -0.3 is 9.52 Å². The summed E-state index contributed by atoms with van der Waals surface area (Å²) in [6.45, 7) is 6.09. The molecule has 0 unspecified atom stereocenters. The number of fused-ring (bicyclic) bond motifs is 1. The molecule has 108 valence electrons. The first-order valence-corrected chi connectivity index (χ1v) is 6.63. The fourth-order valence-corrected chi connectivity index (χ4v) is 1.81. The molecule has 0 atom stereocenters.